The lowest BCUT2D eigenvalue weighted by Crippen LogP contribution is -2.31. The fourth-order valence-corrected chi connectivity index (χ4v) is 2.86. The molecule has 0 unspecified atom stereocenters. The molecule has 0 N–H and O–H groups in total. The highest BCUT2D eigenvalue weighted by molar-refractivity contribution is 4.84. The second kappa shape index (κ2) is 3.12. The molecule has 2 saturated carbocycles. The Kier molecular flexibility index (Phi) is 2.15. The largest absolute Gasteiger partial charge is 0.247 e. The van der Waals surface area contributed by atoms with Gasteiger partial charge >= 0.3 is 0 Å². The summed E-state index contributed by atoms with van der Waals surface area (Å²) in [5, 5.41) is 0. The summed E-state index contributed by atoms with van der Waals surface area (Å²) in [6.45, 7) is 0. The zero-order chi connectivity index (χ0) is 7.68. The van der Waals surface area contributed by atoms with E-state index in [9.17, 15) is 4.39 Å². The van der Waals surface area contributed by atoms with Crippen LogP contribution in [0, 0.1) is 11.8 Å². The summed E-state index contributed by atoms with van der Waals surface area (Å²) in [7, 11) is 0. The second-order valence-corrected chi connectivity index (χ2v) is 4.16. The van der Waals surface area contributed by atoms with Gasteiger partial charge in [0.05, 0.1) is 0 Å². The van der Waals surface area contributed by atoms with Gasteiger partial charge in [0.2, 0.25) is 0 Å². The lowest BCUT2D eigenvalue weighted by atomic mass is 9.70. The molecule has 0 nitrogen and oxygen atoms in total. The van der Waals surface area contributed by atoms with Crippen molar-refractivity contribution in [1.82, 2.24) is 0 Å². The molecule has 0 aromatic heterocycles. The average Bonchev–Trinajstić information content (AvgIpc) is 2.06. The van der Waals surface area contributed by atoms with Crippen LogP contribution in [0.15, 0.2) is 0 Å². The van der Waals surface area contributed by atoms with Crippen molar-refractivity contribution in [3.63, 3.8) is 0 Å². The minimum absolute atomic E-state index is 0.450. The van der Waals surface area contributed by atoms with E-state index in [4.69, 9.17) is 0 Å². The topological polar surface area (TPSA) is 0 Å². The van der Waals surface area contributed by atoms with Gasteiger partial charge in [0.25, 0.3) is 0 Å². The van der Waals surface area contributed by atoms with E-state index >= 15 is 0 Å². The van der Waals surface area contributed by atoms with Crippen molar-refractivity contribution in [2.24, 2.45) is 11.8 Å². The van der Waals surface area contributed by atoms with Crippen LogP contribution >= 0.6 is 0 Å². The highest BCUT2D eigenvalue weighted by Crippen LogP contribution is 2.41. The number of alkyl halides is 1. The number of hydrogen-bond donors (Lipinski definition) is 0. The van der Waals surface area contributed by atoms with Crippen LogP contribution in [0.3, 0.4) is 0 Å². The molecule has 64 valence electrons. The van der Waals surface area contributed by atoms with Crippen molar-refractivity contribution in [1.29, 1.82) is 0 Å². The van der Waals surface area contributed by atoms with Crippen LogP contribution < -0.4 is 0 Å². The second-order valence-electron chi connectivity index (χ2n) is 4.16. The molecule has 0 aromatic rings. The van der Waals surface area contributed by atoms with E-state index in [0.29, 0.717) is 5.92 Å². The molecule has 2 fully saturated rings. The quantitative estimate of drug-likeness (QED) is 0.504. The molecule has 3 atom stereocenters. The molecule has 0 radical (unpaired) electrons. The minimum atomic E-state index is -0.450. The molecule has 2 aliphatic carbocycles. The highest BCUT2D eigenvalue weighted by atomic mass is 19.1. The molecule has 0 amide bonds. The van der Waals surface area contributed by atoms with Crippen LogP contribution in [-0.4, -0.2) is 6.17 Å². The van der Waals surface area contributed by atoms with Gasteiger partial charge < -0.3 is 0 Å². The van der Waals surface area contributed by atoms with Gasteiger partial charge in [-0.1, -0.05) is 25.7 Å². The maximum absolute atomic E-state index is 13.3. The van der Waals surface area contributed by atoms with Gasteiger partial charge in [-0.25, -0.2) is 4.39 Å². The molecular weight excluding hydrogens is 139 g/mol. The molecule has 0 spiro atoms. The van der Waals surface area contributed by atoms with E-state index in [1.807, 2.05) is 0 Å². The van der Waals surface area contributed by atoms with Crippen molar-refractivity contribution < 1.29 is 4.39 Å². The number of fused-ring (bicyclic) bond motifs is 1. The van der Waals surface area contributed by atoms with Crippen LogP contribution in [0.25, 0.3) is 0 Å². The molecule has 0 bridgehead atoms. The Morgan fingerprint density at radius 2 is 1.55 bits per heavy atom. The van der Waals surface area contributed by atoms with E-state index in [-0.39, 0.29) is 0 Å². The maximum atomic E-state index is 13.3. The van der Waals surface area contributed by atoms with Crippen molar-refractivity contribution in [3.8, 4) is 0 Å². The van der Waals surface area contributed by atoms with Crippen molar-refractivity contribution in [2.75, 3.05) is 0 Å². The van der Waals surface area contributed by atoms with Crippen LogP contribution in [0.2, 0.25) is 0 Å². The normalized spacial score (nSPS) is 45.0. The Hall–Kier alpha value is -0.0700. The van der Waals surface area contributed by atoms with Crippen LogP contribution in [0.4, 0.5) is 4.39 Å². The summed E-state index contributed by atoms with van der Waals surface area (Å²) in [4.78, 5) is 0. The number of halogens is 1. The van der Waals surface area contributed by atoms with Gasteiger partial charge in [0, 0.05) is 0 Å². The maximum Gasteiger partial charge on any atom is 0.103 e. The van der Waals surface area contributed by atoms with Gasteiger partial charge in [0.1, 0.15) is 6.17 Å². The molecule has 1 heteroatoms. The Morgan fingerprint density at radius 1 is 0.818 bits per heavy atom. The summed E-state index contributed by atoms with van der Waals surface area (Å²) < 4.78 is 13.3. The third kappa shape index (κ3) is 1.43. The predicted molar refractivity (Wildman–Crippen MR) is 44.2 cm³/mol. The average molecular weight is 156 g/mol. The highest BCUT2D eigenvalue weighted by Gasteiger charge is 2.34. The first-order valence-electron chi connectivity index (χ1n) is 5.02. The van der Waals surface area contributed by atoms with Crippen LogP contribution in [0.1, 0.15) is 44.9 Å². The lowest BCUT2D eigenvalue weighted by molar-refractivity contribution is 0.0717. The first-order chi connectivity index (χ1) is 5.38. The molecular formula is C10H17F. The Balaban J connectivity index is 1.99. The van der Waals surface area contributed by atoms with Gasteiger partial charge in [-0.3, -0.25) is 0 Å². The number of rotatable bonds is 0. The molecule has 11 heavy (non-hydrogen) atoms. The van der Waals surface area contributed by atoms with Crippen LogP contribution in [0.5, 0.6) is 0 Å². The van der Waals surface area contributed by atoms with Gasteiger partial charge in [-0.15, -0.1) is 0 Å². The van der Waals surface area contributed by atoms with E-state index in [2.05, 4.69) is 0 Å². The van der Waals surface area contributed by atoms with E-state index < -0.39 is 6.17 Å². The Labute approximate surface area is 68.2 Å². The Morgan fingerprint density at radius 3 is 2.36 bits per heavy atom. The third-order valence-electron chi connectivity index (χ3n) is 3.49. The summed E-state index contributed by atoms with van der Waals surface area (Å²) in [6.07, 6.45) is 7.97. The molecule has 0 heterocycles. The molecule has 0 aliphatic heterocycles. The van der Waals surface area contributed by atoms with E-state index in [1.165, 1.54) is 32.1 Å². The van der Waals surface area contributed by atoms with Gasteiger partial charge in [0.15, 0.2) is 0 Å². The summed E-state index contributed by atoms with van der Waals surface area (Å²) in [5.74, 6) is 1.21. The third-order valence-corrected chi connectivity index (χ3v) is 3.49. The van der Waals surface area contributed by atoms with E-state index in [1.54, 1.807) is 0 Å². The minimum Gasteiger partial charge on any atom is -0.247 e. The Bertz CT molecular complexity index is 131. The SMILES string of the molecule is F[C@H]1CCC[C@@H]2CCCC[C@H]21. The molecule has 0 saturated heterocycles. The standard InChI is InChI=1S/C10H17F/c11-10-7-3-5-8-4-1-2-6-9(8)10/h8-10H,1-7H2/t8-,9+,10-/m0/s1. The smallest absolute Gasteiger partial charge is 0.103 e. The van der Waals surface area contributed by atoms with Gasteiger partial charge in [-0.2, -0.15) is 0 Å². The molecule has 2 rings (SSSR count). The first-order valence-corrected chi connectivity index (χ1v) is 5.02. The monoisotopic (exact) mass is 156 g/mol. The summed E-state index contributed by atoms with van der Waals surface area (Å²) in [6, 6.07) is 0. The number of hydrogen-bond acceptors (Lipinski definition) is 0. The summed E-state index contributed by atoms with van der Waals surface area (Å²) >= 11 is 0. The van der Waals surface area contributed by atoms with Gasteiger partial charge in [-0.05, 0) is 31.1 Å². The van der Waals surface area contributed by atoms with Crippen molar-refractivity contribution >= 4 is 0 Å². The summed E-state index contributed by atoms with van der Waals surface area (Å²) in [5.41, 5.74) is 0. The zero-order valence-corrected chi connectivity index (χ0v) is 7.06. The fraction of sp³-hybridized carbons (Fsp3) is 1.00. The first kappa shape index (κ1) is 7.57. The van der Waals surface area contributed by atoms with E-state index in [0.717, 1.165) is 18.8 Å². The van der Waals surface area contributed by atoms with Crippen LogP contribution in [-0.2, 0) is 0 Å². The molecule has 2 aliphatic rings. The fourth-order valence-electron chi connectivity index (χ4n) is 2.86. The van der Waals surface area contributed by atoms with Crippen molar-refractivity contribution in [3.05, 3.63) is 0 Å². The molecule has 0 aromatic carbocycles. The van der Waals surface area contributed by atoms with Crippen molar-refractivity contribution in [2.45, 2.75) is 51.1 Å². The zero-order valence-electron chi connectivity index (χ0n) is 7.06. The predicted octanol–water partition coefficient (Wildman–Crippen LogP) is 3.31. The lowest BCUT2D eigenvalue weighted by Gasteiger charge is -2.37.